The van der Waals surface area contributed by atoms with Gasteiger partial charge in [0.25, 0.3) is 0 Å². The zero-order chi connectivity index (χ0) is 21.9. The first-order valence-electron chi connectivity index (χ1n) is 10.1. The lowest BCUT2D eigenvalue weighted by Gasteiger charge is -2.19. The minimum Gasteiger partial charge on any atom is -0.356 e. The normalized spacial score (nSPS) is 19.0. The van der Waals surface area contributed by atoms with Crippen molar-refractivity contribution in [3.05, 3.63) is 0 Å². The molecule has 0 spiro atoms. The molecule has 0 bridgehead atoms. The molecule has 2 aliphatic heterocycles. The van der Waals surface area contributed by atoms with Gasteiger partial charge in [-0.25, -0.2) is 5.26 Å². The number of likely N-dealkylation sites (tertiary alicyclic amines) is 1. The Morgan fingerprint density at radius 2 is 2.07 bits per heavy atom. The Morgan fingerprint density at radius 1 is 1.43 bits per heavy atom. The number of nitrogens with two attached hydrogens (primary N) is 1. The second kappa shape index (κ2) is 18.4. The smallest absolute Gasteiger partial charge is 0.237 e. The Morgan fingerprint density at radius 3 is 2.39 bits per heavy atom. The summed E-state index contributed by atoms with van der Waals surface area (Å²) in [4.78, 5) is 33.7. The topological polar surface area (TPSA) is 128 Å². The molecule has 0 aromatic rings. The number of carbonyl (C=O) groups is 3. The number of carbonyl (C=O) groups excluding carboxylic acids is 3. The molecule has 1 unspecified atom stereocenters. The molecule has 0 aromatic carbocycles. The Hall–Kier alpha value is -1.98. The molecular weight excluding hydrogens is 358 g/mol. The average Bonchev–Trinajstić information content (AvgIpc) is 3.32. The number of nitrogens with zero attached hydrogens (tertiary/aromatic N) is 2. The van der Waals surface area contributed by atoms with E-state index in [-0.39, 0.29) is 29.9 Å². The van der Waals surface area contributed by atoms with E-state index in [2.05, 4.69) is 29.0 Å². The Balaban J connectivity index is 0. The van der Waals surface area contributed by atoms with Gasteiger partial charge in [0.2, 0.25) is 11.8 Å². The minimum absolute atomic E-state index is 0.118. The molecule has 4 N–H and O–H groups in total. The molecule has 28 heavy (non-hydrogen) atoms. The molecule has 0 aliphatic carbocycles. The zero-order valence-corrected chi connectivity index (χ0v) is 17.9. The number of rotatable bonds is 6. The van der Waals surface area contributed by atoms with Crippen LogP contribution in [-0.4, -0.2) is 61.3 Å². The van der Waals surface area contributed by atoms with Gasteiger partial charge in [0, 0.05) is 25.6 Å². The third-order valence-electron chi connectivity index (χ3n) is 4.22. The molecular formula is C20H39N5O3. The molecule has 8 heteroatoms. The highest BCUT2D eigenvalue weighted by Crippen LogP contribution is 2.14. The van der Waals surface area contributed by atoms with Crippen molar-refractivity contribution in [1.29, 1.82) is 5.26 Å². The van der Waals surface area contributed by atoms with Crippen molar-refractivity contribution in [2.75, 3.05) is 20.1 Å². The lowest BCUT2D eigenvalue weighted by atomic mass is 10.1. The standard InChI is InChI=1S/C9H18N2O.C6H13NO.C4H7NO.CHN/c1-7(2)10-9(12)8-5-4-6-11(8)3;1-2-3-4-6(7)5-8;6-4-2-1-3-5-4;1-2/h7-8H,4-6H2,1-3H3,(H,10,12);5-6H,2-4,7H2,1H3;1-3H2,(H,5,6);1H/t;6-;;/m.0../s1. The first-order chi connectivity index (χ1) is 13.3. The Labute approximate surface area is 170 Å². The third kappa shape index (κ3) is 15.1. The van der Waals surface area contributed by atoms with Gasteiger partial charge in [0.15, 0.2) is 0 Å². The van der Waals surface area contributed by atoms with Crippen LogP contribution in [0.2, 0.25) is 0 Å². The van der Waals surface area contributed by atoms with Crippen LogP contribution < -0.4 is 16.4 Å². The van der Waals surface area contributed by atoms with E-state index < -0.39 is 0 Å². The first kappa shape index (κ1) is 28.2. The number of nitriles is 1. The number of unbranched alkanes of at least 4 members (excludes halogenated alkanes) is 1. The van der Waals surface area contributed by atoms with Crippen molar-refractivity contribution < 1.29 is 14.4 Å². The Bertz CT molecular complexity index is 446. The van der Waals surface area contributed by atoms with Crippen LogP contribution in [0.1, 0.15) is 65.7 Å². The number of nitrogens with one attached hydrogen (secondary N) is 2. The molecule has 2 fully saturated rings. The molecule has 2 saturated heterocycles. The maximum atomic E-state index is 11.5. The van der Waals surface area contributed by atoms with Gasteiger partial charge in [0.1, 0.15) is 6.29 Å². The van der Waals surface area contributed by atoms with E-state index in [1.165, 1.54) is 0 Å². The maximum Gasteiger partial charge on any atom is 0.237 e. The second-order valence-corrected chi connectivity index (χ2v) is 7.20. The fourth-order valence-corrected chi connectivity index (χ4v) is 2.70. The number of aldehydes is 1. The summed E-state index contributed by atoms with van der Waals surface area (Å²) in [5.74, 6) is 0.389. The molecule has 2 amide bonds. The fourth-order valence-electron chi connectivity index (χ4n) is 2.70. The zero-order valence-electron chi connectivity index (χ0n) is 17.9. The summed E-state index contributed by atoms with van der Waals surface area (Å²) in [6.07, 6.45) is 7.72. The lowest BCUT2D eigenvalue weighted by Crippen LogP contribution is -2.43. The monoisotopic (exact) mass is 397 g/mol. The van der Waals surface area contributed by atoms with Crippen LogP contribution in [0.3, 0.4) is 0 Å². The van der Waals surface area contributed by atoms with E-state index >= 15 is 0 Å². The van der Waals surface area contributed by atoms with Gasteiger partial charge in [-0.3, -0.25) is 14.5 Å². The molecule has 2 atom stereocenters. The van der Waals surface area contributed by atoms with Gasteiger partial charge in [0.05, 0.1) is 12.1 Å². The van der Waals surface area contributed by atoms with Crippen molar-refractivity contribution in [2.45, 2.75) is 83.8 Å². The number of hydrogen-bond donors (Lipinski definition) is 3. The predicted octanol–water partition coefficient (Wildman–Crippen LogP) is 1.34. The van der Waals surface area contributed by atoms with Crippen LogP contribution in [0, 0.1) is 11.8 Å². The average molecular weight is 398 g/mol. The minimum atomic E-state index is -0.227. The predicted molar refractivity (Wildman–Crippen MR) is 111 cm³/mol. The van der Waals surface area contributed by atoms with Crippen LogP contribution in [0.4, 0.5) is 0 Å². The molecule has 0 radical (unpaired) electrons. The summed E-state index contributed by atoms with van der Waals surface area (Å²) < 4.78 is 0. The van der Waals surface area contributed by atoms with Crippen LogP contribution in [0.5, 0.6) is 0 Å². The maximum absolute atomic E-state index is 11.5. The van der Waals surface area contributed by atoms with Crippen LogP contribution in [0.15, 0.2) is 0 Å². The highest BCUT2D eigenvalue weighted by atomic mass is 16.2. The van der Waals surface area contributed by atoms with E-state index in [9.17, 15) is 14.4 Å². The number of amides is 2. The summed E-state index contributed by atoms with van der Waals surface area (Å²) in [6, 6.07) is 0.147. The highest BCUT2D eigenvalue weighted by Gasteiger charge is 2.27. The molecule has 2 rings (SSSR count). The van der Waals surface area contributed by atoms with Gasteiger partial charge in [-0.2, -0.15) is 0 Å². The van der Waals surface area contributed by atoms with Crippen molar-refractivity contribution >= 4 is 18.1 Å². The quantitative estimate of drug-likeness (QED) is 0.580. The molecule has 0 aromatic heterocycles. The van der Waals surface area contributed by atoms with Crippen molar-refractivity contribution in [2.24, 2.45) is 5.73 Å². The van der Waals surface area contributed by atoms with Crippen LogP contribution >= 0.6 is 0 Å². The van der Waals surface area contributed by atoms with Crippen LogP contribution in [0.25, 0.3) is 0 Å². The summed E-state index contributed by atoms with van der Waals surface area (Å²) in [5, 5.41) is 12.1. The lowest BCUT2D eigenvalue weighted by molar-refractivity contribution is -0.125. The van der Waals surface area contributed by atoms with Crippen molar-refractivity contribution in [1.82, 2.24) is 15.5 Å². The summed E-state index contributed by atoms with van der Waals surface area (Å²) in [6.45, 7) is 11.5. The van der Waals surface area contributed by atoms with Crippen LogP contribution in [-0.2, 0) is 14.4 Å². The van der Waals surface area contributed by atoms with Crippen molar-refractivity contribution in [3.63, 3.8) is 0 Å². The molecule has 8 nitrogen and oxygen atoms in total. The van der Waals surface area contributed by atoms with Gasteiger partial charge in [-0.15, -0.1) is 0 Å². The van der Waals surface area contributed by atoms with Gasteiger partial charge >= 0.3 is 0 Å². The van der Waals surface area contributed by atoms with E-state index in [4.69, 9.17) is 11.0 Å². The van der Waals surface area contributed by atoms with E-state index in [1.807, 2.05) is 20.9 Å². The number of hydrogen-bond acceptors (Lipinski definition) is 6. The first-order valence-corrected chi connectivity index (χ1v) is 10.1. The van der Waals surface area contributed by atoms with Crippen molar-refractivity contribution in [3.8, 4) is 6.57 Å². The third-order valence-corrected chi connectivity index (χ3v) is 4.22. The van der Waals surface area contributed by atoms with E-state index in [0.29, 0.717) is 0 Å². The highest BCUT2D eigenvalue weighted by molar-refractivity contribution is 5.82. The summed E-state index contributed by atoms with van der Waals surface area (Å²) >= 11 is 0. The summed E-state index contributed by atoms with van der Waals surface area (Å²) in [7, 11) is 2.01. The number of likely N-dealkylation sites (N-methyl/N-ethyl adjacent to an activating group) is 1. The van der Waals surface area contributed by atoms with Gasteiger partial charge in [-0.05, 0) is 53.1 Å². The Kier molecular flexibility index (Phi) is 18.5. The summed E-state index contributed by atoms with van der Waals surface area (Å²) in [5.41, 5.74) is 5.29. The molecule has 0 saturated carbocycles. The molecule has 2 aliphatic rings. The second-order valence-electron chi connectivity index (χ2n) is 7.20. The molecule has 2 heterocycles. The van der Waals surface area contributed by atoms with E-state index in [0.717, 1.165) is 64.3 Å². The van der Waals surface area contributed by atoms with E-state index in [1.54, 1.807) is 0 Å². The fraction of sp³-hybridized carbons (Fsp3) is 0.800. The van der Waals surface area contributed by atoms with Gasteiger partial charge in [-0.1, -0.05) is 19.8 Å². The SMILES string of the molecule is C#N.CC(C)NC(=O)C1CCCN1C.CCCC[C@H](N)C=O.O=C1CCCN1. The largest absolute Gasteiger partial charge is 0.356 e. The molecule has 162 valence electrons. The van der Waals surface area contributed by atoms with Gasteiger partial charge < -0.3 is 21.2 Å².